The maximum atomic E-state index is 5.67. The van der Waals surface area contributed by atoms with Gasteiger partial charge in [-0.25, -0.2) is 4.98 Å². The van der Waals surface area contributed by atoms with Gasteiger partial charge < -0.3 is 15.1 Å². The number of thioether (sulfide) groups is 1. The Morgan fingerprint density at radius 2 is 1.87 bits per heavy atom. The van der Waals surface area contributed by atoms with Crippen molar-refractivity contribution in [2.75, 3.05) is 38.2 Å². The van der Waals surface area contributed by atoms with Crippen LogP contribution in [0.2, 0.25) is 0 Å². The Labute approximate surface area is 207 Å². The van der Waals surface area contributed by atoms with Gasteiger partial charge in [-0.15, -0.1) is 24.0 Å². The van der Waals surface area contributed by atoms with E-state index in [0.29, 0.717) is 12.4 Å². The maximum Gasteiger partial charge on any atom is 0.226 e. The quantitative estimate of drug-likeness (QED) is 0.315. The van der Waals surface area contributed by atoms with Crippen molar-refractivity contribution in [3.63, 3.8) is 0 Å². The van der Waals surface area contributed by atoms with Crippen LogP contribution < -0.4 is 10.6 Å². The number of aromatic nitrogens is 1. The van der Waals surface area contributed by atoms with Crippen molar-refractivity contribution in [3.05, 3.63) is 41.8 Å². The largest absolute Gasteiger partial charge is 0.444 e. The van der Waals surface area contributed by atoms with Gasteiger partial charge in [0, 0.05) is 49.3 Å². The van der Waals surface area contributed by atoms with Gasteiger partial charge in [0.2, 0.25) is 5.89 Å². The van der Waals surface area contributed by atoms with Crippen molar-refractivity contribution in [3.8, 4) is 11.5 Å². The zero-order valence-corrected chi connectivity index (χ0v) is 21.7. The Bertz CT molecular complexity index is 842. The van der Waals surface area contributed by atoms with Crippen LogP contribution in [0.5, 0.6) is 0 Å². The van der Waals surface area contributed by atoms with E-state index in [-0.39, 0.29) is 29.5 Å². The molecular weight excluding hydrogens is 521 g/mol. The number of rotatable bonds is 6. The lowest BCUT2D eigenvalue weighted by Crippen LogP contribution is -2.57. The highest BCUT2D eigenvalue weighted by Crippen LogP contribution is 2.36. The Morgan fingerprint density at radius 3 is 2.55 bits per heavy atom. The molecule has 2 heterocycles. The van der Waals surface area contributed by atoms with E-state index in [9.17, 15) is 0 Å². The predicted octanol–water partition coefficient (Wildman–Crippen LogP) is 4.29. The number of nitrogens with zero attached hydrogens (tertiary/aromatic N) is 3. The molecule has 8 heteroatoms. The second-order valence-electron chi connectivity index (χ2n) is 8.32. The van der Waals surface area contributed by atoms with Crippen molar-refractivity contribution in [2.45, 2.75) is 44.7 Å². The summed E-state index contributed by atoms with van der Waals surface area (Å²) >= 11 is 2.08. The zero-order chi connectivity index (χ0) is 20.8. The van der Waals surface area contributed by atoms with Crippen molar-refractivity contribution in [1.29, 1.82) is 0 Å². The molecule has 1 aliphatic heterocycles. The van der Waals surface area contributed by atoms with Gasteiger partial charge >= 0.3 is 0 Å². The SMILES string of the molecule is CN=C(NCc1coc(-c2ccc(C)cc2)n1)NCC1(N2CCSCC2)CCCC1.I. The standard InChI is InChI=1S/C23H33N5OS.HI/c1-18-5-7-19(8-6-18)21-27-20(16-29-21)15-25-22(24-2)26-17-23(9-3-4-10-23)28-11-13-30-14-12-28;/h5-8,16H,3-4,9-15,17H2,1-2H3,(H2,24,25,26);1H. The lowest BCUT2D eigenvalue weighted by atomic mass is 9.94. The van der Waals surface area contributed by atoms with Crippen LogP contribution in [0.15, 0.2) is 39.9 Å². The number of nitrogens with one attached hydrogen (secondary N) is 2. The van der Waals surface area contributed by atoms with E-state index < -0.39 is 0 Å². The lowest BCUT2D eigenvalue weighted by molar-refractivity contribution is 0.107. The van der Waals surface area contributed by atoms with E-state index >= 15 is 0 Å². The van der Waals surface area contributed by atoms with E-state index in [2.05, 4.69) is 56.3 Å². The second kappa shape index (κ2) is 11.6. The first-order chi connectivity index (χ1) is 14.7. The van der Waals surface area contributed by atoms with Crippen LogP contribution in [0.4, 0.5) is 0 Å². The molecule has 0 unspecified atom stereocenters. The number of oxazole rings is 1. The number of hydrogen-bond donors (Lipinski definition) is 2. The molecule has 2 aromatic rings. The monoisotopic (exact) mass is 555 g/mol. The third-order valence-corrected chi connectivity index (χ3v) is 7.25. The van der Waals surface area contributed by atoms with E-state index in [1.54, 1.807) is 6.26 Å². The van der Waals surface area contributed by atoms with Crippen LogP contribution in [0.3, 0.4) is 0 Å². The molecule has 2 aliphatic rings. The molecule has 2 fully saturated rings. The fraction of sp³-hybridized carbons (Fsp3) is 0.565. The van der Waals surface area contributed by atoms with Gasteiger partial charge in [-0.05, 0) is 31.9 Å². The number of hydrogen-bond acceptors (Lipinski definition) is 5. The van der Waals surface area contributed by atoms with E-state index in [4.69, 9.17) is 4.42 Å². The average molecular weight is 556 g/mol. The van der Waals surface area contributed by atoms with Crippen LogP contribution in [-0.2, 0) is 6.54 Å². The number of aryl methyl sites for hydroxylation is 1. The van der Waals surface area contributed by atoms with Crippen LogP contribution in [-0.4, -0.2) is 59.6 Å². The van der Waals surface area contributed by atoms with Crippen molar-refractivity contribution in [2.24, 2.45) is 4.99 Å². The highest BCUT2D eigenvalue weighted by molar-refractivity contribution is 14.0. The zero-order valence-electron chi connectivity index (χ0n) is 18.5. The summed E-state index contributed by atoms with van der Waals surface area (Å²) in [7, 11) is 1.83. The predicted molar refractivity (Wildman–Crippen MR) is 140 cm³/mol. The van der Waals surface area contributed by atoms with Crippen molar-refractivity contribution >= 4 is 41.7 Å². The highest BCUT2D eigenvalue weighted by atomic mass is 127. The summed E-state index contributed by atoms with van der Waals surface area (Å²) in [5.74, 6) is 3.99. The molecule has 31 heavy (non-hydrogen) atoms. The van der Waals surface area contributed by atoms with E-state index in [1.165, 1.54) is 55.8 Å². The molecule has 1 aliphatic carbocycles. The van der Waals surface area contributed by atoms with Gasteiger partial charge in [-0.2, -0.15) is 11.8 Å². The number of halogens is 1. The van der Waals surface area contributed by atoms with Gasteiger partial charge in [0.25, 0.3) is 0 Å². The fourth-order valence-electron chi connectivity index (χ4n) is 4.54. The minimum Gasteiger partial charge on any atom is -0.444 e. The molecule has 0 bridgehead atoms. The molecule has 6 nitrogen and oxygen atoms in total. The Hall–Kier alpha value is -1.26. The Balaban J connectivity index is 0.00000272. The van der Waals surface area contributed by atoms with E-state index in [0.717, 1.165) is 23.8 Å². The van der Waals surface area contributed by atoms with Crippen LogP contribution in [0, 0.1) is 6.92 Å². The van der Waals surface area contributed by atoms with Gasteiger partial charge in [0.15, 0.2) is 5.96 Å². The summed E-state index contributed by atoms with van der Waals surface area (Å²) in [6.45, 7) is 6.03. The topological polar surface area (TPSA) is 65.7 Å². The van der Waals surface area contributed by atoms with Crippen molar-refractivity contribution in [1.82, 2.24) is 20.5 Å². The molecular formula is C23H34IN5OS. The summed E-state index contributed by atoms with van der Waals surface area (Å²) in [5.41, 5.74) is 3.38. The molecule has 170 valence electrons. The highest BCUT2D eigenvalue weighted by Gasteiger charge is 2.39. The molecule has 0 spiro atoms. The second-order valence-corrected chi connectivity index (χ2v) is 9.54. The average Bonchev–Trinajstić information content (AvgIpc) is 3.46. The van der Waals surface area contributed by atoms with Crippen LogP contribution >= 0.6 is 35.7 Å². The molecule has 0 amide bonds. The smallest absolute Gasteiger partial charge is 0.226 e. The van der Waals surface area contributed by atoms with Crippen LogP contribution in [0.1, 0.15) is 36.9 Å². The summed E-state index contributed by atoms with van der Waals surface area (Å²) in [6.07, 6.45) is 6.95. The summed E-state index contributed by atoms with van der Waals surface area (Å²) in [5, 5.41) is 6.99. The third-order valence-electron chi connectivity index (χ3n) is 6.31. The van der Waals surface area contributed by atoms with Gasteiger partial charge in [-0.1, -0.05) is 30.5 Å². The van der Waals surface area contributed by atoms with E-state index in [1.807, 2.05) is 19.2 Å². The molecule has 1 aromatic carbocycles. The minimum atomic E-state index is 0. The van der Waals surface area contributed by atoms with Crippen LogP contribution in [0.25, 0.3) is 11.5 Å². The molecule has 0 atom stereocenters. The van der Waals surface area contributed by atoms with Crippen molar-refractivity contribution < 1.29 is 4.42 Å². The Kier molecular flexibility index (Phi) is 9.09. The van der Waals surface area contributed by atoms with Gasteiger partial charge in [0.05, 0.1) is 12.2 Å². The first-order valence-electron chi connectivity index (χ1n) is 11.0. The molecule has 1 saturated carbocycles. The summed E-state index contributed by atoms with van der Waals surface area (Å²) in [6, 6.07) is 8.23. The first-order valence-corrected chi connectivity index (χ1v) is 12.1. The lowest BCUT2D eigenvalue weighted by Gasteiger charge is -2.43. The number of aliphatic imine (C=N–C) groups is 1. The third kappa shape index (κ3) is 6.16. The first kappa shape index (κ1) is 24.4. The minimum absolute atomic E-state index is 0. The molecule has 0 radical (unpaired) electrons. The van der Waals surface area contributed by atoms with Gasteiger partial charge in [-0.3, -0.25) is 9.89 Å². The summed E-state index contributed by atoms with van der Waals surface area (Å²) < 4.78 is 5.67. The number of benzene rings is 1. The Morgan fingerprint density at radius 1 is 1.16 bits per heavy atom. The normalized spacial score (nSPS) is 19.1. The summed E-state index contributed by atoms with van der Waals surface area (Å²) in [4.78, 5) is 11.8. The molecule has 4 rings (SSSR count). The molecule has 2 N–H and O–H groups in total. The number of guanidine groups is 1. The molecule has 1 aromatic heterocycles. The fourth-order valence-corrected chi connectivity index (χ4v) is 5.44. The molecule has 1 saturated heterocycles. The van der Waals surface area contributed by atoms with Gasteiger partial charge in [0.1, 0.15) is 6.26 Å². The maximum absolute atomic E-state index is 5.67.